The first kappa shape index (κ1) is 12.1. The van der Waals surface area contributed by atoms with E-state index in [-0.39, 0.29) is 6.10 Å². The topological polar surface area (TPSA) is 64.3 Å². The molecule has 2 heterocycles. The Balaban J connectivity index is 2.14. The first-order valence-electron chi connectivity index (χ1n) is 5.42. The summed E-state index contributed by atoms with van der Waals surface area (Å²) in [7, 11) is 0. The summed E-state index contributed by atoms with van der Waals surface area (Å²) in [6.45, 7) is 5.33. The summed E-state index contributed by atoms with van der Waals surface area (Å²) in [5, 5.41) is 7.66. The average molecular weight is 256 g/mol. The van der Waals surface area contributed by atoms with Gasteiger partial charge in [0.2, 0.25) is 0 Å². The third-order valence-electron chi connectivity index (χ3n) is 2.24. The Kier molecular flexibility index (Phi) is 3.75. The monoisotopic (exact) mass is 255 g/mol. The van der Waals surface area contributed by atoms with E-state index in [1.807, 2.05) is 13.8 Å². The van der Waals surface area contributed by atoms with Crippen LogP contribution in [0.1, 0.15) is 13.8 Å². The van der Waals surface area contributed by atoms with Crippen LogP contribution in [0.5, 0.6) is 0 Å². The zero-order valence-corrected chi connectivity index (χ0v) is 10.5. The molecule has 0 aliphatic heterocycles. The second-order valence-corrected chi connectivity index (χ2v) is 3.97. The second-order valence-electron chi connectivity index (χ2n) is 3.58. The molecule has 2 rings (SSSR count). The van der Waals surface area contributed by atoms with E-state index in [1.54, 1.807) is 10.6 Å². The Hall–Kier alpha value is -1.40. The number of fused-ring (bicyclic) bond motifs is 1. The molecule has 1 unspecified atom stereocenters. The van der Waals surface area contributed by atoms with E-state index >= 15 is 0 Å². The quantitative estimate of drug-likeness (QED) is 0.823. The Morgan fingerprint density at radius 1 is 1.59 bits per heavy atom. The van der Waals surface area contributed by atoms with Crippen molar-refractivity contribution in [3.63, 3.8) is 0 Å². The van der Waals surface area contributed by atoms with Gasteiger partial charge in [0.05, 0.1) is 6.10 Å². The minimum Gasteiger partial charge on any atom is -0.377 e. The Morgan fingerprint density at radius 2 is 2.41 bits per heavy atom. The highest BCUT2D eigenvalue weighted by Crippen LogP contribution is 2.14. The van der Waals surface area contributed by atoms with Gasteiger partial charge < -0.3 is 10.1 Å². The molecule has 92 valence electrons. The molecule has 0 spiro atoms. The van der Waals surface area contributed by atoms with Gasteiger partial charge >= 0.3 is 0 Å². The van der Waals surface area contributed by atoms with Gasteiger partial charge in [-0.2, -0.15) is 19.6 Å². The Labute approximate surface area is 104 Å². The van der Waals surface area contributed by atoms with Crippen molar-refractivity contribution < 1.29 is 4.74 Å². The van der Waals surface area contributed by atoms with E-state index in [2.05, 4.69) is 20.4 Å². The Bertz CT molecular complexity index is 500. The summed E-state index contributed by atoms with van der Waals surface area (Å²) in [6.07, 6.45) is 1.56. The van der Waals surface area contributed by atoms with Crippen LogP contribution < -0.4 is 5.32 Å². The number of ether oxygens (including phenoxy) is 1. The molecule has 7 heteroatoms. The standard InChI is InChI=1S/C10H14ClN5O/c1-3-17-7(2)5-12-9-4-8(11)15-10-13-6-14-16(9)10/h4,6-7,12H,3,5H2,1-2H3. The Morgan fingerprint density at radius 3 is 3.18 bits per heavy atom. The van der Waals surface area contributed by atoms with Crippen LogP contribution >= 0.6 is 11.6 Å². The van der Waals surface area contributed by atoms with Gasteiger partial charge in [0.25, 0.3) is 5.78 Å². The molecular formula is C10H14ClN5O. The van der Waals surface area contributed by atoms with Gasteiger partial charge in [-0.05, 0) is 13.8 Å². The number of nitrogens with one attached hydrogen (secondary N) is 1. The van der Waals surface area contributed by atoms with Gasteiger partial charge in [0, 0.05) is 19.2 Å². The molecule has 0 radical (unpaired) electrons. The zero-order chi connectivity index (χ0) is 12.3. The maximum absolute atomic E-state index is 5.89. The molecule has 0 aliphatic rings. The van der Waals surface area contributed by atoms with E-state index in [1.165, 1.54) is 6.33 Å². The van der Waals surface area contributed by atoms with E-state index in [4.69, 9.17) is 16.3 Å². The van der Waals surface area contributed by atoms with E-state index in [0.29, 0.717) is 24.1 Å². The van der Waals surface area contributed by atoms with Crippen molar-refractivity contribution in [2.75, 3.05) is 18.5 Å². The highest BCUT2D eigenvalue weighted by atomic mass is 35.5. The molecule has 0 aromatic carbocycles. The third kappa shape index (κ3) is 2.83. The predicted octanol–water partition coefficient (Wildman–Crippen LogP) is 1.61. The first-order valence-corrected chi connectivity index (χ1v) is 5.80. The zero-order valence-electron chi connectivity index (χ0n) is 9.72. The molecule has 17 heavy (non-hydrogen) atoms. The second kappa shape index (κ2) is 5.29. The van der Waals surface area contributed by atoms with Crippen LogP contribution in [0.15, 0.2) is 12.4 Å². The lowest BCUT2D eigenvalue weighted by Crippen LogP contribution is -2.21. The fraction of sp³-hybridized carbons (Fsp3) is 0.500. The minimum absolute atomic E-state index is 0.116. The SMILES string of the molecule is CCOC(C)CNc1cc(Cl)nc2ncnn12. The van der Waals surface area contributed by atoms with Gasteiger partial charge in [-0.3, -0.25) is 0 Å². The highest BCUT2D eigenvalue weighted by molar-refractivity contribution is 6.29. The van der Waals surface area contributed by atoms with Gasteiger partial charge in [0.1, 0.15) is 17.3 Å². The lowest BCUT2D eigenvalue weighted by atomic mass is 10.4. The summed E-state index contributed by atoms with van der Waals surface area (Å²) >= 11 is 5.89. The fourth-order valence-corrected chi connectivity index (χ4v) is 1.68. The summed E-state index contributed by atoms with van der Waals surface area (Å²) in [5.74, 6) is 1.23. The molecule has 0 fully saturated rings. The number of hydrogen-bond acceptors (Lipinski definition) is 5. The molecule has 0 saturated carbocycles. The van der Waals surface area contributed by atoms with Crippen molar-refractivity contribution in [2.24, 2.45) is 0 Å². The maximum atomic E-state index is 5.89. The van der Waals surface area contributed by atoms with Crippen molar-refractivity contribution in [1.29, 1.82) is 0 Å². The molecule has 6 nitrogen and oxygen atoms in total. The summed E-state index contributed by atoms with van der Waals surface area (Å²) in [4.78, 5) is 8.03. The molecule has 1 atom stereocenters. The highest BCUT2D eigenvalue weighted by Gasteiger charge is 2.07. The van der Waals surface area contributed by atoms with E-state index in [0.717, 1.165) is 5.82 Å². The average Bonchev–Trinajstić information content (AvgIpc) is 2.74. The fourth-order valence-electron chi connectivity index (χ4n) is 1.50. The molecule has 0 amide bonds. The van der Waals surface area contributed by atoms with Gasteiger partial charge in [0.15, 0.2) is 0 Å². The maximum Gasteiger partial charge on any atom is 0.255 e. The molecule has 0 bridgehead atoms. The van der Waals surface area contributed by atoms with Crippen LogP contribution in [0, 0.1) is 0 Å². The van der Waals surface area contributed by atoms with Crippen LogP contribution in [-0.4, -0.2) is 38.8 Å². The summed E-state index contributed by atoms with van der Waals surface area (Å²) < 4.78 is 7.03. The number of halogens is 1. The third-order valence-corrected chi connectivity index (χ3v) is 2.44. The number of hydrogen-bond donors (Lipinski definition) is 1. The molecule has 0 aliphatic carbocycles. The van der Waals surface area contributed by atoms with E-state index in [9.17, 15) is 0 Å². The van der Waals surface area contributed by atoms with Crippen LogP contribution in [0.3, 0.4) is 0 Å². The molecule has 2 aromatic heterocycles. The lowest BCUT2D eigenvalue weighted by Gasteiger charge is -2.13. The minimum atomic E-state index is 0.116. The first-order chi connectivity index (χ1) is 8.20. The normalized spacial score (nSPS) is 12.9. The van der Waals surface area contributed by atoms with Crippen molar-refractivity contribution in [3.8, 4) is 0 Å². The number of aromatic nitrogens is 4. The van der Waals surface area contributed by atoms with Gasteiger partial charge in [-0.1, -0.05) is 11.6 Å². The smallest absolute Gasteiger partial charge is 0.255 e. The van der Waals surface area contributed by atoms with Crippen molar-refractivity contribution in [3.05, 3.63) is 17.5 Å². The number of rotatable bonds is 5. The number of anilines is 1. The predicted molar refractivity (Wildman–Crippen MR) is 65.4 cm³/mol. The summed E-state index contributed by atoms with van der Waals surface area (Å²) in [5.41, 5.74) is 0. The molecule has 2 aromatic rings. The van der Waals surface area contributed by atoms with Crippen molar-refractivity contribution in [2.45, 2.75) is 20.0 Å². The van der Waals surface area contributed by atoms with Crippen LogP contribution in [-0.2, 0) is 4.74 Å². The van der Waals surface area contributed by atoms with Crippen molar-refractivity contribution >= 4 is 23.2 Å². The van der Waals surface area contributed by atoms with Crippen LogP contribution in [0.2, 0.25) is 5.15 Å². The lowest BCUT2D eigenvalue weighted by molar-refractivity contribution is 0.0854. The van der Waals surface area contributed by atoms with Crippen LogP contribution in [0.25, 0.3) is 5.78 Å². The summed E-state index contributed by atoms with van der Waals surface area (Å²) in [6, 6.07) is 1.71. The van der Waals surface area contributed by atoms with Gasteiger partial charge in [-0.25, -0.2) is 0 Å². The molecule has 0 saturated heterocycles. The largest absolute Gasteiger partial charge is 0.377 e. The van der Waals surface area contributed by atoms with Crippen LogP contribution in [0.4, 0.5) is 5.82 Å². The van der Waals surface area contributed by atoms with Crippen molar-refractivity contribution in [1.82, 2.24) is 19.6 Å². The number of nitrogens with zero attached hydrogens (tertiary/aromatic N) is 4. The molecule has 1 N–H and O–H groups in total. The molecular weight excluding hydrogens is 242 g/mol. The van der Waals surface area contributed by atoms with E-state index < -0.39 is 0 Å². The van der Waals surface area contributed by atoms with Gasteiger partial charge in [-0.15, -0.1) is 0 Å².